The van der Waals surface area contributed by atoms with Crippen molar-refractivity contribution in [3.05, 3.63) is 29.3 Å². The van der Waals surface area contributed by atoms with Crippen LogP contribution in [-0.2, 0) is 9.84 Å². The van der Waals surface area contributed by atoms with Crippen molar-refractivity contribution in [2.45, 2.75) is 18.7 Å². The van der Waals surface area contributed by atoms with E-state index in [2.05, 4.69) is 0 Å². The number of primary amides is 1. The second kappa shape index (κ2) is 4.02. The number of nitrogens with two attached hydrogens (primary N) is 1. The second-order valence-corrected chi connectivity index (χ2v) is 5.52. The van der Waals surface area contributed by atoms with Gasteiger partial charge in [0.2, 0.25) is 5.91 Å². The SMILES string of the molecule is CCS(=O)(=O)c1ccc(C)c(C(N)=O)c1. The fraction of sp³-hybridized carbons (Fsp3) is 0.300. The van der Waals surface area contributed by atoms with Crippen molar-refractivity contribution in [2.75, 3.05) is 5.75 Å². The summed E-state index contributed by atoms with van der Waals surface area (Å²) in [6.07, 6.45) is 0. The number of hydrogen-bond donors (Lipinski definition) is 1. The average molecular weight is 227 g/mol. The Labute approximate surface area is 89.0 Å². The standard InChI is InChI=1S/C10H13NO3S/c1-3-15(13,14)8-5-4-7(2)9(6-8)10(11)12/h4-6H,3H2,1-2H3,(H2,11,12). The van der Waals surface area contributed by atoms with Crippen molar-refractivity contribution in [1.29, 1.82) is 0 Å². The zero-order valence-electron chi connectivity index (χ0n) is 8.65. The van der Waals surface area contributed by atoms with Gasteiger partial charge in [-0.25, -0.2) is 8.42 Å². The Morgan fingerprint density at radius 2 is 2.00 bits per heavy atom. The lowest BCUT2D eigenvalue weighted by molar-refractivity contribution is 0.0999. The smallest absolute Gasteiger partial charge is 0.249 e. The second-order valence-electron chi connectivity index (χ2n) is 3.24. The van der Waals surface area contributed by atoms with Gasteiger partial charge in [-0.2, -0.15) is 0 Å². The minimum atomic E-state index is -3.28. The van der Waals surface area contributed by atoms with E-state index >= 15 is 0 Å². The molecule has 0 bridgehead atoms. The van der Waals surface area contributed by atoms with Gasteiger partial charge in [0, 0.05) is 5.56 Å². The molecule has 4 nitrogen and oxygen atoms in total. The van der Waals surface area contributed by atoms with Crippen LogP contribution < -0.4 is 5.73 Å². The molecule has 0 saturated carbocycles. The predicted molar refractivity (Wildman–Crippen MR) is 57.4 cm³/mol. The monoisotopic (exact) mass is 227 g/mol. The summed E-state index contributed by atoms with van der Waals surface area (Å²) < 4.78 is 23.1. The summed E-state index contributed by atoms with van der Waals surface area (Å²) in [7, 11) is -3.28. The quantitative estimate of drug-likeness (QED) is 0.833. The van der Waals surface area contributed by atoms with Gasteiger partial charge in [0.25, 0.3) is 0 Å². The lowest BCUT2D eigenvalue weighted by atomic mass is 10.1. The van der Waals surface area contributed by atoms with Gasteiger partial charge in [-0.05, 0) is 24.6 Å². The van der Waals surface area contributed by atoms with Crippen LogP contribution in [0.3, 0.4) is 0 Å². The zero-order chi connectivity index (χ0) is 11.6. The molecule has 1 aromatic rings. The first-order chi connectivity index (χ1) is 6.88. The summed E-state index contributed by atoms with van der Waals surface area (Å²) in [5, 5.41) is 0. The highest BCUT2D eigenvalue weighted by Gasteiger charge is 2.14. The molecule has 15 heavy (non-hydrogen) atoms. The van der Waals surface area contributed by atoms with Crippen LogP contribution in [0, 0.1) is 6.92 Å². The summed E-state index contributed by atoms with van der Waals surface area (Å²) >= 11 is 0. The van der Waals surface area contributed by atoms with Crippen LogP contribution >= 0.6 is 0 Å². The average Bonchev–Trinajstić information content (AvgIpc) is 2.17. The van der Waals surface area contributed by atoms with Crippen LogP contribution in [0.2, 0.25) is 0 Å². The van der Waals surface area contributed by atoms with Gasteiger partial charge in [-0.3, -0.25) is 4.79 Å². The van der Waals surface area contributed by atoms with E-state index in [1.165, 1.54) is 12.1 Å². The van der Waals surface area contributed by atoms with E-state index in [9.17, 15) is 13.2 Å². The number of carbonyl (C=O) groups is 1. The fourth-order valence-electron chi connectivity index (χ4n) is 1.23. The number of amides is 1. The maximum absolute atomic E-state index is 11.5. The van der Waals surface area contributed by atoms with E-state index in [-0.39, 0.29) is 16.2 Å². The molecule has 0 aliphatic heterocycles. The third kappa shape index (κ3) is 2.36. The molecule has 0 unspecified atom stereocenters. The molecular weight excluding hydrogens is 214 g/mol. The summed E-state index contributed by atoms with van der Waals surface area (Å²) in [5.74, 6) is -0.602. The molecule has 82 valence electrons. The van der Waals surface area contributed by atoms with Gasteiger partial charge in [0.15, 0.2) is 9.84 Å². The molecule has 0 aromatic heterocycles. The van der Waals surface area contributed by atoms with E-state index in [1.54, 1.807) is 19.9 Å². The third-order valence-electron chi connectivity index (χ3n) is 2.21. The maximum Gasteiger partial charge on any atom is 0.249 e. The maximum atomic E-state index is 11.5. The highest BCUT2D eigenvalue weighted by molar-refractivity contribution is 7.91. The summed E-state index contributed by atoms with van der Waals surface area (Å²) in [6.45, 7) is 3.27. The first-order valence-corrected chi connectivity index (χ1v) is 6.17. The lowest BCUT2D eigenvalue weighted by Crippen LogP contribution is -2.14. The molecule has 1 aromatic carbocycles. The minimum absolute atomic E-state index is 0.00820. The summed E-state index contributed by atoms with van der Waals surface area (Å²) in [5.41, 5.74) is 6.07. The van der Waals surface area contributed by atoms with Crippen molar-refractivity contribution in [3.8, 4) is 0 Å². The topological polar surface area (TPSA) is 77.2 Å². The van der Waals surface area contributed by atoms with Crippen LogP contribution in [-0.4, -0.2) is 20.1 Å². The minimum Gasteiger partial charge on any atom is -0.366 e. The molecule has 1 amide bonds. The lowest BCUT2D eigenvalue weighted by Gasteiger charge is -2.05. The largest absolute Gasteiger partial charge is 0.366 e. The van der Waals surface area contributed by atoms with E-state index in [0.717, 1.165) is 0 Å². The fourth-order valence-corrected chi connectivity index (χ4v) is 2.13. The van der Waals surface area contributed by atoms with Crippen molar-refractivity contribution >= 4 is 15.7 Å². The van der Waals surface area contributed by atoms with Gasteiger partial charge in [-0.1, -0.05) is 13.0 Å². The molecule has 0 radical (unpaired) electrons. The van der Waals surface area contributed by atoms with Crippen molar-refractivity contribution in [1.82, 2.24) is 0 Å². The molecule has 0 aliphatic carbocycles. The highest BCUT2D eigenvalue weighted by atomic mass is 32.2. The first kappa shape index (κ1) is 11.7. The van der Waals surface area contributed by atoms with Crippen molar-refractivity contribution in [3.63, 3.8) is 0 Å². The number of benzene rings is 1. The first-order valence-electron chi connectivity index (χ1n) is 4.51. The molecule has 0 heterocycles. The van der Waals surface area contributed by atoms with Crippen LogP contribution in [0.5, 0.6) is 0 Å². The molecule has 1 rings (SSSR count). The molecular formula is C10H13NO3S. The van der Waals surface area contributed by atoms with Gasteiger partial charge in [0.05, 0.1) is 10.6 Å². The number of hydrogen-bond acceptors (Lipinski definition) is 3. The summed E-state index contributed by atoms with van der Waals surface area (Å²) in [4.78, 5) is 11.2. The van der Waals surface area contributed by atoms with Gasteiger partial charge < -0.3 is 5.73 Å². The van der Waals surface area contributed by atoms with Crippen molar-refractivity contribution < 1.29 is 13.2 Å². The normalized spacial score (nSPS) is 11.3. The Kier molecular flexibility index (Phi) is 3.14. The van der Waals surface area contributed by atoms with Crippen LogP contribution in [0.25, 0.3) is 0 Å². The molecule has 0 atom stereocenters. The number of rotatable bonds is 3. The predicted octanol–water partition coefficient (Wildman–Crippen LogP) is 0.888. The molecule has 0 fully saturated rings. The Bertz CT molecular complexity index is 491. The molecule has 2 N–H and O–H groups in total. The Balaban J connectivity index is 3.38. The summed E-state index contributed by atoms with van der Waals surface area (Å²) in [6, 6.07) is 4.40. The molecule has 0 saturated heterocycles. The Morgan fingerprint density at radius 1 is 1.40 bits per heavy atom. The zero-order valence-corrected chi connectivity index (χ0v) is 9.47. The molecule has 0 spiro atoms. The van der Waals surface area contributed by atoms with Gasteiger partial charge >= 0.3 is 0 Å². The third-order valence-corrected chi connectivity index (χ3v) is 3.95. The van der Waals surface area contributed by atoms with E-state index in [4.69, 9.17) is 5.73 Å². The number of carbonyl (C=O) groups excluding carboxylic acids is 1. The van der Waals surface area contributed by atoms with Crippen LogP contribution in [0.4, 0.5) is 0 Å². The van der Waals surface area contributed by atoms with E-state index < -0.39 is 15.7 Å². The van der Waals surface area contributed by atoms with Crippen LogP contribution in [0.15, 0.2) is 23.1 Å². The van der Waals surface area contributed by atoms with Crippen LogP contribution in [0.1, 0.15) is 22.8 Å². The highest BCUT2D eigenvalue weighted by Crippen LogP contribution is 2.16. The van der Waals surface area contributed by atoms with E-state index in [1.807, 2.05) is 0 Å². The molecule has 0 aliphatic rings. The number of aryl methyl sites for hydroxylation is 1. The van der Waals surface area contributed by atoms with Gasteiger partial charge in [0.1, 0.15) is 0 Å². The van der Waals surface area contributed by atoms with E-state index in [0.29, 0.717) is 5.56 Å². The van der Waals surface area contributed by atoms with Gasteiger partial charge in [-0.15, -0.1) is 0 Å². The molecule has 5 heteroatoms. The Morgan fingerprint density at radius 3 is 2.47 bits per heavy atom. The Hall–Kier alpha value is -1.36. The number of sulfone groups is 1. The van der Waals surface area contributed by atoms with Crippen molar-refractivity contribution in [2.24, 2.45) is 5.73 Å².